The van der Waals surface area contributed by atoms with Crippen LogP contribution < -0.4 is 37.9 Å². The van der Waals surface area contributed by atoms with Crippen LogP contribution in [0.4, 0.5) is 0 Å². The summed E-state index contributed by atoms with van der Waals surface area (Å²) in [7, 11) is 13.5. The second-order valence-corrected chi connectivity index (χ2v) is 10.6. The summed E-state index contributed by atoms with van der Waals surface area (Å²) in [6, 6.07) is 16.1. The Labute approximate surface area is 259 Å². The van der Waals surface area contributed by atoms with Crippen LogP contribution in [-0.2, 0) is 25.7 Å². The summed E-state index contributed by atoms with van der Waals surface area (Å²) in [6.07, 6.45) is 2.06. The molecule has 0 N–H and O–H groups in total. The fourth-order valence-corrected chi connectivity index (χ4v) is 6.28. The fourth-order valence-electron chi connectivity index (χ4n) is 6.28. The van der Waals surface area contributed by atoms with E-state index >= 15 is 0 Å². The molecule has 0 unspecified atom stereocenters. The van der Waals surface area contributed by atoms with Gasteiger partial charge in [-0.25, -0.2) is 0 Å². The molecule has 0 heterocycles. The zero-order valence-corrected chi connectivity index (χ0v) is 26.7. The zero-order chi connectivity index (χ0) is 31.4. The van der Waals surface area contributed by atoms with Crippen molar-refractivity contribution < 1.29 is 37.9 Å². The molecular weight excluding hydrogens is 560 g/mol. The van der Waals surface area contributed by atoms with Gasteiger partial charge >= 0.3 is 0 Å². The number of fused-ring (bicyclic) bond motifs is 8. The van der Waals surface area contributed by atoms with Gasteiger partial charge in [0.15, 0.2) is 0 Å². The highest BCUT2D eigenvalue weighted by Crippen LogP contribution is 2.42. The molecule has 1 aliphatic carbocycles. The molecule has 0 aromatic heterocycles. The van der Waals surface area contributed by atoms with Gasteiger partial charge in [0.1, 0.15) is 46.0 Å². The predicted molar refractivity (Wildman–Crippen MR) is 169 cm³/mol. The molecule has 0 spiro atoms. The molecule has 232 valence electrons. The van der Waals surface area contributed by atoms with Crippen LogP contribution in [0.3, 0.4) is 0 Å². The van der Waals surface area contributed by atoms with Gasteiger partial charge in [0.2, 0.25) is 0 Å². The lowest BCUT2D eigenvalue weighted by Crippen LogP contribution is -2.08. The molecule has 8 nitrogen and oxygen atoms in total. The van der Waals surface area contributed by atoms with E-state index in [1.54, 1.807) is 56.9 Å². The number of hydrogen-bond donors (Lipinski definition) is 0. The van der Waals surface area contributed by atoms with Crippen LogP contribution in [0.1, 0.15) is 44.5 Å². The highest BCUT2D eigenvalue weighted by atomic mass is 16.5. The van der Waals surface area contributed by atoms with Crippen molar-refractivity contribution >= 4 is 0 Å². The lowest BCUT2D eigenvalue weighted by molar-refractivity contribution is 0.385. The van der Waals surface area contributed by atoms with Gasteiger partial charge < -0.3 is 37.9 Å². The first kappa shape index (κ1) is 30.7. The Kier molecular flexibility index (Phi) is 9.28. The monoisotopic (exact) mass is 600 g/mol. The summed E-state index contributed by atoms with van der Waals surface area (Å²) >= 11 is 0. The molecule has 5 rings (SSSR count). The van der Waals surface area contributed by atoms with E-state index in [2.05, 4.69) is 0 Å². The van der Waals surface area contributed by atoms with Crippen LogP contribution in [0.5, 0.6) is 46.0 Å². The van der Waals surface area contributed by atoms with Gasteiger partial charge in [-0.2, -0.15) is 0 Å². The Morgan fingerprint density at radius 2 is 0.432 bits per heavy atom. The third kappa shape index (κ3) is 5.89. The summed E-state index contributed by atoms with van der Waals surface area (Å²) in [5.74, 6) is 6.00. The predicted octanol–water partition coefficient (Wildman–Crippen LogP) is 6.43. The lowest BCUT2D eigenvalue weighted by atomic mass is 9.90. The van der Waals surface area contributed by atoms with Crippen molar-refractivity contribution in [2.75, 3.05) is 56.9 Å². The van der Waals surface area contributed by atoms with Gasteiger partial charge in [0, 0.05) is 70.2 Å². The molecule has 0 amide bonds. The maximum absolute atomic E-state index is 6.09. The van der Waals surface area contributed by atoms with Gasteiger partial charge in [0.25, 0.3) is 0 Å². The summed E-state index contributed by atoms with van der Waals surface area (Å²) in [6.45, 7) is 0. The highest BCUT2D eigenvalue weighted by Gasteiger charge is 2.24. The van der Waals surface area contributed by atoms with Gasteiger partial charge in [-0.1, -0.05) is 0 Å². The summed E-state index contributed by atoms with van der Waals surface area (Å²) in [4.78, 5) is 0. The summed E-state index contributed by atoms with van der Waals surface area (Å²) < 4.78 is 47.4. The zero-order valence-electron chi connectivity index (χ0n) is 26.7. The minimum Gasteiger partial charge on any atom is -0.497 e. The van der Waals surface area contributed by atoms with Gasteiger partial charge in [-0.3, -0.25) is 0 Å². The molecule has 0 saturated carbocycles. The Morgan fingerprint density at radius 3 is 0.545 bits per heavy atom. The second kappa shape index (κ2) is 13.3. The standard InChI is InChI=1S/C36H40O8/c1-37-29-13-21-9-23-15-30(38-2)17-25(34(23)42-6)11-27-19-32(40-4)20-28(36(27)44-8)12-26-18-31(39-3)16-24(35(26)43-7)10-22(14-29)33(21)41-5/h13-20H,9-12H2,1-8H3. The first-order chi connectivity index (χ1) is 21.4. The van der Waals surface area contributed by atoms with E-state index in [1.165, 1.54) is 0 Å². The van der Waals surface area contributed by atoms with Crippen molar-refractivity contribution in [1.29, 1.82) is 0 Å². The largest absolute Gasteiger partial charge is 0.497 e. The smallest absolute Gasteiger partial charge is 0.126 e. The first-order valence-corrected chi connectivity index (χ1v) is 14.3. The van der Waals surface area contributed by atoms with Crippen LogP contribution >= 0.6 is 0 Å². The SMILES string of the molecule is COc1cc2c(OC)c(c1)Cc1cc(OC)cc(c1OC)Cc1cc(OC)cc(c1OC)Cc1cc(OC)cc(c1OC)C2. The number of benzene rings is 4. The van der Waals surface area contributed by atoms with E-state index in [1.807, 2.05) is 48.5 Å². The molecular formula is C36H40O8. The third-order valence-corrected chi connectivity index (χ3v) is 8.15. The molecule has 0 saturated heterocycles. The Balaban J connectivity index is 1.87. The topological polar surface area (TPSA) is 73.8 Å². The van der Waals surface area contributed by atoms with E-state index in [-0.39, 0.29) is 0 Å². The maximum atomic E-state index is 6.09. The Morgan fingerprint density at radius 1 is 0.273 bits per heavy atom. The molecule has 8 bridgehead atoms. The second-order valence-electron chi connectivity index (χ2n) is 10.6. The molecule has 4 aromatic rings. The summed E-state index contributed by atoms with van der Waals surface area (Å²) in [5.41, 5.74) is 7.63. The highest BCUT2D eigenvalue weighted by molar-refractivity contribution is 5.60. The first-order valence-electron chi connectivity index (χ1n) is 14.3. The maximum Gasteiger partial charge on any atom is 0.126 e. The quantitative estimate of drug-likeness (QED) is 0.202. The minimum atomic E-state index is 0.516. The van der Waals surface area contributed by atoms with E-state index in [0.29, 0.717) is 25.7 Å². The van der Waals surface area contributed by atoms with Gasteiger partial charge in [-0.15, -0.1) is 0 Å². The fraction of sp³-hybridized carbons (Fsp3) is 0.333. The molecule has 4 aromatic carbocycles. The normalized spacial score (nSPS) is 12.2. The Bertz CT molecular complexity index is 1320. The molecule has 1 aliphatic rings. The number of hydrogen-bond acceptors (Lipinski definition) is 8. The number of rotatable bonds is 8. The molecule has 44 heavy (non-hydrogen) atoms. The molecule has 0 atom stereocenters. The van der Waals surface area contributed by atoms with Gasteiger partial charge in [0.05, 0.1) is 56.9 Å². The van der Waals surface area contributed by atoms with E-state index in [4.69, 9.17) is 37.9 Å². The van der Waals surface area contributed by atoms with Crippen molar-refractivity contribution in [2.24, 2.45) is 0 Å². The molecule has 0 fully saturated rings. The third-order valence-electron chi connectivity index (χ3n) is 8.15. The van der Waals surface area contributed by atoms with E-state index in [0.717, 1.165) is 90.5 Å². The van der Waals surface area contributed by atoms with Crippen molar-refractivity contribution in [3.8, 4) is 46.0 Å². The molecule has 8 heteroatoms. The van der Waals surface area contributed by atoms with Crippen LogP contribution in [0.25, 0.3) is 0 Å². The number of methoxy groups -OCH3 is 8. The van der Waals surface area contributed by atoms with E-state index in [9.17, 15) is 0 Å². The Hall–Kier alpha value is -4.72. The molecule has 0 radical (unpaired) electrons. The van der Waals surface area contributed by atoms with Crippen LogP contribution in [0.15, 0.2) is 48.5 Å². The average Bonchev–Trinajstić information content (AvgIpc) is 3.03. The van der Waals surface area contributed by atoms with Crippen LogP contribution in [0, 0.1) is 0 Å². The molecule has 0 aliphatic heterocycles. The van der Waals surface area contributed by atoms with Crippen molar-refractivity contribution in [3.05, 3.63) is 93.0 Å². The lowest BCUT2D eigenvalue weighted by Gasteiger charge is -2.22. The van der Waals surface area contributed by atoms with E-state index < -0.39 is 0 Å². The van der Waals surface area contributed by atoms with Crippen molar-refractivity contribution in [2.45, 2.75) is 25.7 Å². The van der Waals surface area contributed by atoms with Gasteiger partial charge in [-0.05, 0) is 48.5 Å². The minimum absolute atomic E-state index is 0.516. The van der Waals surface area contributed by atoms with Crippen LogP contribution in [-0.4, -0.2) is 56.9 Å². The summed E-state index contributed by atoms with van der Waals surface area (Å²) in [5, 5.41) is 0. The van der Waals surface area contributed by atoms with Crippen molar-refractivity contribution in [3.63, 3.8) is 0 Å². The number of ether oxygens (including phenoxy) is 8. The van der Waals surface area contributed by atoms with Crippen molar-refractivity contribution in [1.82, 2.24) is 0 Å². The average molecular weight is 601 g/mol. The van der Waals surface area contributed by atoms with Crippen LogP contribution in [0.2, 0.25) is 0 Å².